The topological polar surface area (TPSA) is 114 Å². The summed E-state index contributed by atoms with van der Waals surface area (Å²) in [4.78, 5) is 38.1. The van der Waals surface area contributed by atoms with Crippen molar-refractivity contribution in [2.45, 2.75) is 0 Å². The van der Waals surface area contributed by atoms with Crippen molar-refractivity contribution in [3.63, 3.8) is 0 Å². The zero-order valence-corrected chi connectivity index (χ0v) is 18.7. The van der Waals surface area contributed by atoms with Crippen LogP contribution in [0.5, 0.6) is 0 Å². The van der Waals surface area contributed by atoms with Crippen molar-refractivity contribution < 1.29 is 19.2 Å². The van der Waals surface area contributed by atoms with Crippen molar-refractivity contribution in [3.8, 4) is 0 Å². The third-order valence-corrected chi connectivity index (χ3v) is 5.51. The Balaban J connectivity index is 1.49. The molecular weight excluding hydrogens is 460 g/mol. The molecule has 9 nitrogen and oxygen atoms in total. The summed E-state index contributed by atoms with van der Waals surface area (Å²) in [5.74, 6) is -0.785. The Kier molecular flexibility index (Phi) is 7.05. The summed E-state index contributed by atoms with van der Waals surface area (Å²) in [5, 5.41) is 17.3. The van der Waals surface area contributed by atoms with Gasteiger partial charge in [-0.25, -0.2) is 0 Å². The lowest BCUT2D eigenvalue weighted by Gasteiger charge is -2.30. The predicted molar refractivity (Wildman–Crippen MR) is 130 cm³/mol. The fourth-order valence-corrected chi connectivity index (χ4v) is 3.76. The molecule has 1 aliphatic rings. The maximum Gasteiger partial charge on any atom is 0.270 e. The largest absolute Gasteiger partial charge is 0.378 e. The lowest BCUT2D eigenvalue weighted by molar-refractivity contribution is -0.384. The highest BCUT2D eigenvalue weighted by Gasteiger charge is 2.22. The van der Waals surface area contributed by atoms with Gasteiger partial charge < -0.3 is 20.3 Å². The van der Waals surface area contributed by atoms with Gasteiger partial charge in [-0.15, -0.1) is 0 Å². The van der Waals surface area contributed by atoms with Crippen LogP contribution >= 0.6 is 11.6 Å². The van der Waals surface area contributed by atoms with Crippen LogP contribution in [-0.4, -0.2) is 43.0 Å². The standard InChI is InChI=1S/C24H21ClN4O5/c25-17-3-1-2-16(14-17)23(30)26-18-4-6-19(7-5-18)27-24(31)21-15-20(29(32)33)8-9-22(21)28-10-12-34-13-11-28/h1-9,14-15H,10-13H2,(H,26,30)(H,27,31). The molecule has 4 rings (SSSR count). The SMILES string of the molecule is O=C(Nc1ccc(NC(=O)c2cc([N+](=O)[O-])ccc2N2CCOCC2)cc1)c1cccc(Cl)c1. The first-order valence-electron chi connectivity index (χ1n) is 10.5. The van der Waals surface area contributed by atoms with Crippen LogP contribution in [-0.2, 0) is 4.74 Å². The number of nitrogens with one attached hydrogen (secondary N) is 2. The zero-order valence-electron chi connectivity index (χ0n) is 18.0. The number of carbonyl (C=O) groups is 2. The lowest BCUT2D eigenvalue weighted by atomic mass is 10.1. The minimum atomic E-state index is -0.530. The van der Waals surface area contributed by atoms with Gasteiger partial charge in [-0.05, 0) is 48.5 Å². The molecule has 1 heterocycles. The minimum absolute atomic E-state index is 0.166. The van der Waals surface area contributed by atoms with E-state index in [2.05, 4.69) is 10.6 Å². The number of non-ortho nitro benzene ring substituents is 1. The molecule has 2 amide bonds. The highest BCUT2D eigenvalue weighted by Crippen LogP contribution is 2.27. The summed E-state index contributed by atoms with van der Waals surface area (Å²) in [6.45, 7) is 2.19. The fourth-order valence-electron chi connectivity index (χ4n) is 3.57. The number of anilines is 3. The van der Waals surface area contributed by atoms with Gasteiger partial charge in [-0.1, -0.05) is 17.7 Å². The molecule has 3 aromatic carbocycles. The quantitative estimate of drug-likeness (QED) is 0.394. The van der Waals surface area contributed by atoms with Gasteiger partial charge in [0.15, 0.2) is 0 Å². The summed E-state index contributed by atoms with van der Waals surface area (Å²) >= 11 is 5.93. The molecule has 0 saturated carbocycles. The van der Waals surface area contributed by atoms with Gasteiger partial charge in [0.05, 0.1) is 29.4 Å². The van der Waals surface area contributed by atoms with E-state index in [-0.39, 0.29) is 17.2 Å². The van der Waals surface area contributed by atoms with Gasteiger partial charge >= 0.3 is 0 Å². The molecule has 0 atom stereocenters. The van der Waals surface area contributed by atoms with Crippen LogP contribution in [0.2, 0.25) is 5.02 Å². The van der Waals surface area contributed by atoms with Crippen molar-refractivity contribution in [2.75, 3.05) is 41.8 Å². The van der Waals surface area contributed by atoms with Gasteiger partial charge in [-0.2, -0.15) is 0 Å². The number of hydrogen-bond acceptors (Lipinski definition) is 6. The number of ether oxygens (including phenoxy) is 1. The van der Waals surface area contributed by atoms with Crippen LogP contribution in [0.3, 0.4) is 0 Å². The van der Waals surface area contributed by atoms with Gasteiger partial charge in [0.1, 0.15) is 0 Å². The molecular formula is C24H21ClN4O5. The molecule has 2 N–H and O–H groups in total. The van der Waals surface area contributed by atoms with Crippen molar-refractivity contribution in [2.24, 2.45) is 0 Å². The van der Waals surface area contributed by atoms with Crippen LogP contribution in [0, 0.1) is 10.1 Å². The molecule has 1 saturated heterocycles. The van der Waals surface area contributed by atoms with Gasteiger partial charge in [0, 0.05) is 47.2 Å². The third-order valence-electron chi connectivity index (χ3n) is 5.27. The van der Waals surface area contributed by atoms with E-state index in [1.165, 1.54) is 12.1 Å². The summed E-state index contributed by atoms with van der Waals surface area (Å²) in [5.41, 5.74) is 2.08. The van der Waals surface area contributed by atoms with Crippen LogP contribution in [0.1, 0.15) is 20.7 Å². The second kappa shape index (κ2) is 10.3. The molecule has 0 spiro atoms. The van der Waals surface area contributed by atoms with Crippen molar-refractivity contribution >= 4 is 46.2 Å². The lowest BCUT2D eigenvalue weighted by Crippen LogP contribution is -2.37. The number of morpholine rings is 1. The minimum Gasteiger partial charge on any atom is -0.378 e. The second-order valence-electron chi connectivity index (χ2n) is 7.55. The molecule has 10 heteroatoms. The number of hydrogen-bond donors (Lipinski definition) is 2. The van der Waals surface area contributed by atoms with Crippen LogP contribution in [0.4, 0.5) is 22.7 Å². The van der Waals surface area contributed by atoms with Crippen molar-refractivity contribution in [1.82, 2.24) is 0 Å². The number of amides is 2. The van der Waals surface area contributed by atoms with Gasteiger partial charge in [0.2, 0.25) is 0 Å². The van der Waals surface area contributed by atoms with E-state index in [4.69, 9.17) is 16.3 Å². The molecule has 1 fully saturated rings. The number of nitro groups is 1. The Morgan fingerprint density at radius 1 is 0.912 bits per heavy atom. The molecule has 0 bridgehead atoms. The van der Waals surface area contributed by atoms with E-state index in [1.807, 2.05) is 4.90 Å². The maximum absolute atomic E-state index is 13.1. The first-order valence-corrected chi connectivity index (χ1v) is 10.9. The van der Waals surface area contributed by atoms with E-state index in [1.54, 1.807) is 54.6 Å². The number of nitro benzene ring substituents is 1. The maximum atomic E-state index is 13.1. The first kappa shape index (κ1) is 23.2. The Labute approximate surface area is 200 Å². The Bertz CT molecular complexity index is 1230. The van der Waals surface area contributed by atoms with E-state index in [0.717, 1.165) is 0 Å². The van der Waals surface area contributed by atoms with Gasteiger partial charge in [-0.3, -0.25) is 19.7 Å². The highest BCUT2D eigenvalue weighted by atomic mass is 35.5. The number of carbonyl (C=O) groups excluding carboxylic acids is 2. The first-order chi connectivity index (χ1) is 16.4. The Hall–Kier alpha value is -3.95. The van der Waals surface area contributed by atoms with Crippen LogP contribution < -0.4 is 15.5 Å². The summed E-state index contributed by atoms with van der Waals surface area (Å²) in [6, 6.07) is 17.4. The number of nitrogens with zero attached hydrogens (tertiary/aromatic N) is 2. The summed E-state index contributed by atoms with van der Waals surface area (Å²) in [7, 11) is 0. The zero-order chi connectivity index (χ0) is 24.1. The fraction of sp³-hybridized carbons (Fsp3) is 0.167. The molecule has 0 unspecified atom stereocenters. The van der Waals surface area contributed by atoms with Gasteiger partial charge in [0.25, 0.3) is 17.5 Å². The molecule has 34 heavy (non-hydrogen) atoms. The molecule has 0 aliphatic carbocycles. The van der Waals surface area contributed by atoms with E-state index < -0.39 is 10.8 Å². The van der Waals surface area contributed by atoms with Crippen LogP contribution in [0.25, 0.3) is 0 Å². The number of halogens is 1. The average molecular weight is 481 g/mol. The van der Waals surface area contributed by atoms with Crippen molar-refractivity contribution in [1.29, 1.82) is 0 Å². The Morgan fingerprint density at radius 3 is 2.18 bits per heavy atom. The number of benzene rings is 3. The summed E-state index contributed by atoms with van der Waals surface area (Å²) < 4.78 is 5.36. The average Bonchev–Trinajstić information content (AvgIpc) is 2.85. The predicted octanol–water partition coefficient (Wildman–Crippen LogP) is 4.59. The molecule has 174 valence electrons. The Morgan fingerprint density at radius 2 is 1.56 bits per heavy atom. The van der Waals surface area contributed by atoms with E-state index in [0.29, 0.717) is 54.0 Å². The van der Waals surface area contributed by atoms with E-state index >= 15 is 0 Å². The monoisotopic (exact) mass is 480 g/mol. The summed E-state index contributed by atoms with van der Waals surface area (Å²) in [6.07, 6.45) is 0. The highest BCUT2D eigenvalue weighted by molar-refractivity contribution is 6.31. The van der Waals surface area contributed by atoms with E-state index in [9.17, 15) is 19.7 Å². The third kappa shape index (κ3) is 5.51. The normalized spacial score (nSPS) is 13.3. The molecule has 0 aromatic heterocycles. The van der Waals surface area contributed by atoms with Crippen LogP contribution in [0.15, 0.2) is 66.7 Å². The number of rotatable bonds is 6. The second-order valence-corrected chi connectivity index (χ2v) is 7.99. The molecule has 3 aromatic rings. The molecule has 0 radical (unpaired) electrons. The molecule has 1 aliphatic heterocycles. The van der Waals surface area contributed by atoms with Crippen molar-refractivity contribution in [3.05, 3.63) is 93.0 Å². The smallest absolute Gasteiger partial charge is 0.270 e.